The summed E-state index contributed by atoms with van der Waals surface area (Å²) in [5, 5.41) is 9.15. The summed E-state index contributed by atoms with van der Waals surface area (Å²) in [6, 6.07) is 11.7. The maximum absolute atomic E-state index is 13.5. The molecule has 2 aromatic carbocycles. The number of esters is 1. The summed E-state index contributed by atoms with van der Waals surface area (Å²) in [6.07, 6.45) is 1.25. The molecule has 2 amide bonds. The number of hydrogen-bond acceptors (Lipinski definition) is 8. The van der Waals surface area contributed by atoms with Crippen molar-refractivity contribution in [3.63, 3.8) is 0 Å². The largest absolute Gasteiger partial charge is 0.481 e. The minimum absolute atomic E-state index is 0.183. The Morgan fingerprint density at radius 1 is 0.787 bits per heavy atom. The number of rotatable bonds is 9. The molecular formula is C34H42F2N2O9. The highest BCUT2D eigenvalue weighted by molar-refractivity contribution is 5.97. The highest BCUT2D eigenvalue weighted by Gasteiger charge is 2.37. The molecule has 11 nitrogen and oxygen atoms in total. The summed E-state index contributed by atoms with van der Waals surface area (Å²) in [5.74, 6) is -3.08. The number of likely N-dealkylation sites (tertiary alicyclic amines) is 2. The molecule has 1 N–H and O–H groups in total. The topological polar surface area (TPSA) is 140 Å². The van der Waals surface area contributed by atoms with Gasteiger partial charge in [0.2, 0.25) is 0 Å². The van der Waals surface area contributed by atoms with Gasteiger partial charge in [0, 0.05) is 31.1 Å². The minimum Gasteiger partial charge on any atom is -0.481 e. The number of carboxylic acid groups (broad SMARTS) is 1. The molecule has 0 aliphatic carbocycles. The number of methoxy groups -OCH3 is 2. The zero-order valence-electron chi connectivity index (χ0n) is 26.9. The Morgan fingerprint density at radius 2 is 1.26 bits per heavy atom. The van der Waals surface area contributed by atoms with Crippen LogP contribution in [0.4, 0.5) is 18.4 Å². The number of ether oxygens (including phenoxy) is 3. The van der Waals surface area contributed by atoms with Gasteiger partial charge in [0.05, 0.1) is 26.7 Å². The number of ketones is 1. The Morgan fingerprint density at radius 3 is 1.68 bits per heavy atom. The molecule has 47 heavy (non-hydrogen) atoms. The average Bonchev–Trinajstić information content (AvgIpc) is 3.04. The molecule has 2 unspecified atom stereocenters. The van der Waals surface area contributed by atoms with Crippen LogP contribution in [0.2, 0.25) is 0 Å². The van der Waals surface area contributed by atoms with Gasteiger partial charge < -0.3 is 29.1 Å². The Balaban J connectivity index is 0.000000261. The van der Waals surface area contributed by atoms with Crippen LogP contribution in [-0.4, -0.2) is 90.8 Å². The number of aliphatic carboxylic acids is 1. The van der Waals surface area contributed by atoms with Crippen molar-refractivity contribution < 1.29 is 52.1 Å². The molecule has 4 rings (SSSR count). The third-order valence-corrected chi connectivity index (χ3v) is 8.40. The monoisotopic (exact) mass is 660 g/mol. The molecule has 0 radical (unpaired) electrons. The summed E-state index contributed by atoms with van der Waals surface area (Å²) in [7, 11) is 2.60. The molecule has 2 aromatic rings. The molecular weight excluding hydrogens is 618 g/mol. The molecule has 13 heteroatoms. The van der Waals surface area contributed by atoms with Crippen LogP contribution in [0.1, 0.15) is 50.2 Å². The van der Waals surface area contributed by atoms with Crippen molar-refractivity contribution in [3.05, 3.63) is 71.3 Å². The van der Waals surface area contributed by atoms with E-state index in [1.54, 1.807) is 36.1 Å². The van der Waals surface area contributed by atoms with Crippen LogP contribution in [0, 0.1) is 23.5 Å². The van der Waals surface area contributed by atoms with E-state index in [2.05, 4.69) is 0 Å². The fourth-order valence-electron chi connectivity index (χ4n) is 6.09. The first-order valence-corrected chi connectivity index (χ1v) is 15.5. The van der Waals surface area contributed by atoms with Crippen molar-refractivity contribution in [3.8, 4) is 0 Å². The van der Waals surface area contributed by atoms with Crippen molar-refractivity contribution >= 4 is 29.9 Å². The number of nitrogens with zero attached hydrogens (tertiary/aromatic N) is 2. The van der Waals surface area contributed by atoms with Crippen LogP contribution in [0.5, 0.6) is 0 Å². The number of carbonyl (C=O) groups is 5. The Labute approximate surface area is 272 Å². The number of Topliss-reactive ketones (excluding diaryl/α,β-unsaturated/α-hetero) is 1. The van der Waals surface area contributed by atoms with Gasteiger partial charge in [0.15, 0.2) is 0 Å². The highest BCUT2D eigenvalue weighted by atomic mass is 19.1. The standard InChI is InChI=1S/C19H24FNO5.C15H18FNO4/c1-3-26-18(23)12-17(22)14-7-8-21(19(24)25-2)16(11-14)10-13-5-4-6-15(20)9-13;1-21-15(20)17-6-5-11(14(18)19)9-13(17)8-10-3-2-4-12(16)7-10/h4-6,9,14,16H,3,7-8,10-12H2,1-2H3;2-4,7,11,13H,5-6,8-9H2,1H3,(H,18,19)/t14-,16-;/m1./s1. The van der Waals surface area contributed by atoms with Gasteiger partial charge in [-0.15, -0.1) is 0 Å². The molecule has 2 aliphatic rings. The van der Waals surface area contributed by atoms with Crippen molar-refractivity contribution in [2.75, 3.05) is 33.9 Å². The molecule has 256 valence electrons. The Bertz CT molecular complexity index is 1410. The van der Waals surface area contributed by atoms with E-state index in [0.29, 0.717) is 51.6 Å². The zero-order valence-corrected chi connectivity index (χ0v) is 26.9. The maximum atomic E-state index is 13.5. The number of halogens is 2. The molecule has 2 heterocycles. The first-order valence-electron chi connectivity index (χ1n) is 15.5. The molecule has 0 aromatic heterocycles. The van der Waals surface area contributed by atoms with Crippen molar-refractivity contribution in [2.45, 2.75) is 64.0 Å². The summed E-state index contributed by atoms with van der Waals surface area (Å²) in [4.78, 5) is 62.0. The molecule has 2 saturated heterocycles. The lowest BCUT2D eigenvalue weighted by atomic mass is 9.84. The number of carboxylic acids is 1. The van der Waals surface area contributed by atoms with Gasteiger partial charge in [-0.25, -0.2) is 18.4 Å². The third-order valence-electron chi connectivity index (χ3n) is 8.40. The average molecular weight is 661 g/mol. The predicted molar refractivity (Wildman–Crippen MR) is 165 cm³/mol. The lowest BCUT2D eigenvalue weighted by molar-refractivity contribution is -0.147. The summed E-state index contributed by atoms with van der Waals surface area (Å²) in [6.45, 7) is 2.61. The van der Waals surface area contributed by atoms with Gasteiger partial charge in [-0.1, -0.05) is 24.3 Å². The minimum atomic E-state index is -0.858. The predicted octanol–water partition coefficient (Wildman–Crippen LogP) is 5.04. The van der Waals surface area contributed by atoms with Gasteiger partial charge in [-0.05, 0) is 80.8 Å². The molecule has 2 fully saturated rings. The van der Waals surface area contributed by atoms with E-state index >= 15 is 0 Å². The van der Waals surface area contributed by atoms with Crippen LogP contribution < -0.4 is 0 Å². The molecule has 4 atom stereocenters. The van der Waals surface area contributed by atoms with Gasteiger partial charge in [0.1, 0.15) is 23.8 Å². The summed E-state index contributed by atoms with van der Waals surface area (Å²) in [5.41, 5.74) is 1.47. The van der Waals surface area contributed by atoms with E-state index in [4.69, 9.17) is 19.3 Å². The van der Waals surface area contributed by atoms with E-state index in [0.717, 1.165) is 11.1 Å². The van der Waals surface area contributed by atoms with Crippen molar-refractivity contribution in [1.82, 2.24) is 9.80 Å². The SMILES string of the molecule is CCOC(=O)CC(=O)[C@@H]1CCN(C(=O)OC)[C@H](Cc2cccc(F)c2)C1.COC(=O)N1CCC(C(=O)O)CC1Cc1cccc(F)c1. The van der Waals surface area contributed by atoms with Crippen molar-refractivity contribution in [2.24, 2.45) is 11.8 Å². The molecule has 2 aliphatic heterocycles. The molecule has 0 saturated carbocycles. The lowest BCUT2D eigenvalue weighted by Crippen LogP contribution is -2.48. The second-order valence-electron chi connectivity index (χ2n) is 11.5. The zero-order chi connectivity index (χ0) is 34.5. The van der Waals surface area contributed by atoms with E-state index in [-0.39, 0.29) is 48.4 Å². The number of piperidine rings is 2. The molecule has 0 spiro atoms. The number of amides is 2. The van der Waals surface area contributed by atoms with Gasteiger partial charge >= 0.3 is 24.1 Å². The van der Waals surface area contributed by atoms with Gasteiger partial charge in [-0.2, -0.15) is 0 Å². The second-order valence-corrected chi connectivity index (χ2v) is 11.5. The Hall–Kier alpha value is -4.55. The number of benzene rings is 2. The van der Waals surface area contributed by atoms with Crippen LogP contribution in [0.25, 0.3) is 0 Å². The fourth-order valence-corrected chi connectivity index (χ4v) is 6.09. The third kappa shape index (κ3) is 11.0. The lowest BCUT2D eigenvalue weighted by Gasteiger charge is -2.38. The maximum Gasteiger partial charge on any atom is 0.409 e. The number of carbonyl (C=O) groups excluding carboxylic acids is 4. The summed E-state index contributed by atoms with van der Waals surface area (Å²) < 4.78 is 41.1. The van der Waals surface area contributed by atoms with Crippen LogP contribution in [-0.2, 0) is 41.4 Å². The molecule has 0 bridgehead atoms. The Kier molecular flexibility index (Phi) is 14.1. The van der Waals surface area contributed by atoms with E-state index in [1.807, 2.05) is 0 Å². The first kappa shape index (κ1) is 36.9. The number of hydrogen-bond donors (Lipinski definition) is 1. The quantitative estimate of drug-likeness (QED) is 0.223. The normalized spacial score (nSPS) is 20.7. The summed E-state index contributed by atoms with van der Waals surface area (Å²) >= 11 is 0. The fraction of sp³-hybridized carbons (Fsp3) is 0.500. The van der Waals surface area contributed by atoms with Crippen LogP contribution >= 0.6 is 0 Å². The van der Waals surface area contributed by atoms with Crippen molar-refractivity contribution in [1.29, 1.82) is 0 Å². The second kappa shape index (κ2) is 18.0. The van der Waals surface area contributed by atoms with Gasteiger partial charge in [0.25, 0.3) is 0 Å². The van der Waals surface area contributed by atoms with Crippen LogP contribution in [0.15, 0.2) is 48.5 Å². The highest BCUT2D eigenvalue weighted by Crippen LogP contribution is 2.29. The van der Waals surface area contributed by atoms with E-state index in [1.165, 1.54) is 43.4 Å². The van der Waals surface area contributed by atoms with Gasteiger partial charge in [-0.3, -0.25) is 14.4 Å². The van der Waals surface area contributed by atoms with Crippen LogP contribution in [0.3, 0.4) is 0 Å². The first-order chi connectivity index (χ1) is 22.4. The smallest absolute Gasteiger partial charge is 0.409 e. The van der Waals surface area contributed by atoms with E-state index < -0.39 is 30.0 Å². The van der Waals surface area contributed by atoms with E-state index in [9.17, 15) is 32.8 Å².